The highest BCUT2D eigenvalue weighted by molar-refractivity contribution is 6.32. The van der Waals surface area contributed by atoms with Crippen LogP contribution in [0.4, 0.5) is 5.82 Å². The maximum absolute atomic E-state index is 5.90. The third-order valence-electron chi connectivity index (χ3n) is 2.11. The van der Waals surface area contributed by atoms with E-state index in [-0.39, 0.29) is 0 Å². The molecule has 0 atom stereocenters. The van der Waals surface area contributed by atoms with Crippen LogP contribution >= 0.6 is 11.6 Å². The van der Waals surface area contributed by atoms with Crippen LogP contribution in [0.2, 0.25) is 5.02 Å². The fraction of sp³-hybridized carbons (Fsp3) is 0.300. The van der Waals surface area contributed by atoms with Crippen molar-refractivity contribution >= 4 is 17.4 Å². The highest BCUT2D eigenvalue weighted by atomic mass is 35.5. The third kappa shape index (κ3) is 2.70. The van der Waals surface area contributed by atoms with Crippen molar-refractivity contribution in [1.29, 1.82) is 0 Å². The summed E-state index contributed by atoms with van der Waals surface area (Å²) in [5.74, 6) is 0.660. The predicted molar refractivity (Wildman–Crippen MR) is 62.4 cm³/mol. The van der Waals surface area contributed by atoms with E-state index >= 15 is 0 Å². The van der Waals surface area contributed by atoms with E-state index in [1.807, 2.05) is 19.3 Å². The SMILES string of the molecule is Cn1ccc(CCNc2ncncc2Cl)n1. The zero-order valence-corrected chi connectivity index (χ0v) is 9.65. The Hall–Kier alpha value is -1.62. The molecule has 0 aliphatic heterocycles. The van der Waals surface area contributed by atoms with E-state index in [1.54, 1.807) is 10.9 Å². The maximum Gasteiger partial charge on any atom is 0.148 e. The topological polar surface area (TPSA) is 55.6 Å². The molecule has 0 unspecified atom stereocenters. The van der Waals surface area contributed by atoms with Gasteiger partial charge in [0.25, 0.3) is 0 Å². The van der Waals surface area contributed by atoms with Crippen LogP contribution in [0.5, 0.6) is 0 Å². The van der Waals surface area contributed by atoms with Crippen molar-refractivity contribution < 1.29 is 0 Å². The summed E-state index contributed by atoms with van der Waals surface area (Å²) in [6.45, 7) is 0.744. The number of anilines is 1. The van der Waals surface area contributed by atoms with Crippen molar-refractivity contribution in [2.75, 3.05) is 11.9 Å². The van der Waals surface area contributed by atoms with Gasteiger partial charge >= 0.3 is 0 Å². The fourth-order valence-corrected chi connectivity index (χ4v) is 1.52. The van der Waals surface area contributed by atoms with E-state index < -0.39 is 0 Å². The first-order chi connectivity index (χ1) is 7.75. The molecule has 6 heteroatoms. The predicted octanol–water partition coefficient (Wildman–Crippen LogP) is 1.52. The minimum atomic E-state index is 0.531. The second kappa shape index (κ2) is 4.94. The highest BCUT2D eigenvalue weighted by Crippen LogP contribution is 2.15. The van der Waals surface area contributed by atoms with Crippen LogP contribution in [-0.4, -0.2) is 26.3 Å². The Morgan fingerprint density at radius 3 is 3.06 bits per heavy atom. The van der Waals surface area contributed by atoms with Gasteiger partial charge in [-0.15, -0.1) is 0 Å². The first-order valence-electron chi connectivity index (χ1n) is 4.93. The number of rotatable bonds is 4. The number of halogens is 1. The second-order valence-corrected chi connectivity index (χ2v) is 3.78. The lowest BCUT2D eigenvalue weighted by atomic mass is 10.3. The number of aryl methyl sites for hydroxylation is 1. The summed E-state index contributed by atoms with van der Waals surface area (Å²) < 4.78 is 1.78. The molecule has 2 rings (SSSR count). The standard InChI is InChI=1S/C10H12ClN5/c1-16-5-3-8(15-16)2-4-13-10-9(11)6-12-7-14-10/h3,5-7H,2,4H2,1H3,(H,12,13,14). The summed E-state index contributed by atoms with van der Waals surface area (Å²) in [5, 5.41) is 7.94. The van der Waals surface area contributed by atoms with Gasteiger partial charge < -0.3 is 5.32 Å². The molecule has 84 valence electrons. The largest absolute Gasteiger partial charge is 0.368 e. The number of hydrogen-bond donors (Lipinski definition) is 1. The third-order valence-corrected chi connectivity index (χ3v) is 2.39. The molecule has 0 aliphatic carbocycles. The molecule has 2 aromatic heterocycles. The van der Waals surface area contributed by atoms with Gasteiger partial charge in [0, 0.05) is 26.2 Å². The van der Waals surface area contributed by atoms with Crippen LogP contribution in [0.3, 0.4) is 0 Å². The van der Waals surface area contributed by atoms with Crippen LogP contribution in [-0.2, 0) is 13.5 Å². The maximum atomic E-state index is 5.90. The van der Waals surface area contributed by atoms with Crippen molar-refractivity contribution in [2.24, 2.45) is 7.05 Å². The van der Waals surface area contributed by atoms with Crippen molar-refractivity contribution in [3.8, 4) is 0 Å². The monoisotopic (exact) mass is 237 g/mol. The Kier molecular flexibility index (Phi) is 3.36. The van der Waals surface area contributed by atoms with Crippen LogP contribution in [0.15, 0.2) is 24.8 Å². The van der Waals surface area contributed by atoms with Gasteiger partial charge in [-0.3, -0.25) is 4.68 Å². The first-order valence-corrected chi connectivity index (χ1v) is 5.31. The van der Waals surface area contributed by atoms with Gasteiger partial charge in [0.1, 0.15) is 17.2 Å². The Bertz CT molecular complexity index is 468. The number of nitrogens with zero attached hydrogens (tertiary/aromatic N) is 4. The molecular formula is C10H12ClN5. The zero-order chi connectivity index (χ0) is 11.4. The lowest BCUT2D eigenvalue weighted by molar-refractivity contribution is 0.742. The molecule has 0 fully saturated rings. The Labute approximate surface area is 98.5 Å². The first kappa shape index (κ1) is 10.9. The molecule has 1 N–H and O–H groups in total. The molecule has 16 heavy (non-hydrogen) atoms. The molecule has 0 bridgehead atoms. The van der Waals surface area contributed by atoms with Crippen molar-refractivity contribution in [3.05, 3.63) is 35.5 Å². The van der Waals surface area contributed by atoms with E-state index in [4.69, 9.17) is 11.6 Å². The van der Waals surface area contributed by atoms with Crippen molar-refractivity contribution in [2.45, 2.75) is 6.42 Å². The number of aromatic nitrogens is 4. The lowest BCUT2D eigenvalue weighted by Crippen LogP contribution is -2.07. The Morgan fingerprint density at radius 2 is 2.38 bits per heavy atom. The Morgan fingerprint density at radius 1 is 1.50 bits per heavy atom. The molecule has 2 aromatic rings. The van der Waals surface area contributed by atoms with Gasteiger partial charge in [-0.2, -0.15) is 5.10 Å². The fourth-order valence-electron chi connectivity index (χ4n) is 1.35. The molecule has 5 nitrogen and oxygen atoms in total. The number of nitrogens with one attached hydrogen (secondary N) is 1. The quantitative estimate of drug-likeness (QED) is 0.876. The van der Waals surface area contributed by atoms with Gasteiger partial charge in [-0.05, 0) is 6.07 Å². The molecule has 0 aliphatic rings. The summed E-state index contributed by atoms with van der Waals surface area (Å²) in [7, 11) is 1.90. The van der Waals surface area contributed by atoms with Gasteiger partial charge in [0.05, 0.1) is 11.9 Å². The van der Waals surface area contributed by atoms with Gasteiger partial charge in [0.15, 0.2) is 0 Å². The van der Waals surface area contributed by atoms with E-state index in [0.717, 1.165) is 18.7 Å². The zero-order valence-electron chi connectivity index (χ0n) is 8.89. The molecule has 0 radical (unpaired) electrons. The van der Waals surface area contributed by atoms with Gasteiger partial charge in [-0.25, -0.2) is 9.97 Å². The highest BCUT2D eigenvalue weighted by Gasteiger charge is 2.01. The normalized spacial score (nSPS) is 10.4. The molecule has 0 saturated heterocycles. The summed E-state index contributed by atoms with van der Waals surface area (Å²) in [6.07, 6.45) is 5.79. The van der Waals surface area contributed by atoms with E-state index in [2.05, 4.69) is 20.4 Å². The average molecular weight is 238 g/mol. The van der Waals surface area contributed by atoms with Crippen LogP contribution in [0.1, 0.15) is 5.69 Å². The summed E-state index contributed by atoms with van der Waals surface area (Å²) >= 11 is 5.90. The Balaban J connectivity index is 1.87. The van der Waals surface area contributed by atoms with E-state index in [9.17, 15) is 0 Å². The number of hydrogen-bond acceptors (Lipinski definition) is 4. The lowest BCUT2D eigenvalue weighted by Gasteiger charge is -2.04. The summed E-state index contributed by atoms with van der Waals surface area (Å²) in [4.78, 5) is 7.85. The molecule has 0 aromatic carbocycles. The summed E-state index contributed by atoms with van der Waals surface area (Å²) in [6, 6.07) is 1.99. The molecule has 0 saturated carbocycles. The van der Waals surface area contributed by atoms with Gasteiger partial charge in [0.2, 0.25) is 0 Å². The second-order valence-electron chi connectivity index (χ2n) is 3.38. The van der Waals surface area contributed by atoms with Crippen LogP contribution < -0.4 is 5.32 Å². The van der Waals surface area contributed by atoms with E-state index in [1.165, 1.54) is 6.33 Å². The van der Waals surface area contributed by atoms with Crippen LogP contribution in [0.25, 0.3) is 0 Å². The summed E-state index contributed by atoms with van der Waals surface area (Å²) in [5.41, 5.74) is 1.04. The van der Waals surface area contributed by atoms with Gasteiger partial charge in [-0.1, -0.05) is 11.6 Å². The minimum Gasteiger partial charge on any atom is -0.368 e. The smallest absolute Gasteiger partial charge is 0.148 e. The molecular weight excluding hydrogens is 226 g/mol. The van der Waals surface area contributed by atoms with Crippen molar-refractivity contribution in [1.82, 2.24) is 19.7 Å². The van der Waals surface area contributed by atoms with Crippen LogP contribution in [0, 0.1) is 0 Å². The minimum absolute atomic E-state index is 0.531. The van der Waals surface area contributed by atoms with Crippen molar-refractivity contribution in [3.63, 3.8) is 0 Å². The molecule has 2 heterocycles. The van der Waals surface area contributed by atoms with E-state index in [0.29, 0.717) is 10.8 Å². The molecule has 0 amide bonds. The molecule has 0 spiro atoms. The average Bonchev–Trinajstić information content (AvgIpc) is 2.67.